The van der Waals surface area contributed by atoms with Crippen LogP contribution in [0.15, 0.2) is 41.9 Å². The summed E-state index contributed by atoms with van der Waals surface area (Å²) < 4.78 is 1.59. The molecule has 0 atom stereocenters. The fourth-order valence-electron chi connectivity index (χ4n) is 2.28. The Hall–Kier alpha value is -3.07. The summed E-state index contributed by atoms with van der Waals surface area (Å²) in [4.78, 5) is 30.5. The number of anilines is 1. The van der Waals surface area contributed by atoms with Gasteiger partial charge < -0.3 is 20.0 Å². The van der Waals surface area contributed by atoms with Crippen LogP contribution < -0.4 is 5.32 Å². The molecule has 0 fully saturated rings. The maximum Gasteiger partial charge on any atom is 0.381 e. The van der Waals surface area contributed by atoms with E-state index < -0.39 is 4.92 Å². The van der Waals surface area contributed by atoms with E-state index in [0.29, 0.717) is 17.5 Å². The molecule has 0 radical (unpaired) electrons. The third-order valence-electron chi connectivity index (χ3n) is 3.55. The SMILES string of the molecule is Cc1nc([N+](=O)[O-])cn1CCC(=O)Nc1nc(-c2ccccc2)cs1. The van der Waals surface area contributed by atoms with Crippen molar-refractivity contribution in [1.29, 1.82) is 0 Å². The molecule has 0 unspecified atom stereocenters. The van der Waals surface area contributed by atoms with Crippen LogP contribution in [0.3, 0.4) is 0 Å². The first-order valence-electron chi connectivity index (χ1n) is 7.52. The summed E-state index contributed by atoms with van der Waals surface area (Å²) in [5.74, 6) is 0.0789. The van der Waals surface area contributed by atoms with Gasteiger partial charge in [-0.05, 0) is 9.91 Å². The van der Waals surface area contributed by atoms with Gasteiger partial charge in [0.1, 0.15) is 6.20 Å². The van der Waals surface area contributed by atoms with Crippen LogP contribution in [0, 0.1) is 17.0 Å². The summed E-state index contributed by atoms with van der Waals surface area (Å²) in [6.07, 6.45) is 1.51. The Labute approximate surface area is 147 Å². The van der Waals surface area contributed by atoms with Gasteiger partial charge in [0.05, 0.1) is 5.69 Å². The predicted molar refractivity (Wildman–Crippen MR) is 94.4 cm³/mol. The molecule has 128 valence electrons. The summed E-state index contributed by atoms with van der Waals surface area (Å²) in [7, 11) is 0. The molecule has 2 aromatic heterocycles. The predicted octanol–water partition coefficient (Wildman–Crippen LogP) is 3.25. The molecule has 2 heterocycles. The molecule has 3 aromatic rings. The quantitative estimate of drug-likeness (QED) is 0.539. The van der Waals surface area contributed by atoms with Crippen molar-refractivity contribution in [3.8, 4) is 11.3 Å². The van der Waals surface area contributed by atoms with Crippen LogP contribution >= 0.6 is 11.3 Å². The van der Waals surface area contributed by atoms with E-state index in [1.807, 2.05) is 35.7 Å². The van der Waals surface area contributed by atoms with Crippen molar-refractivity contribution in [1.82, 2.24) is 14.5 Å². The van der Waals surface area contributed by atoms with E-state index in [4.69, 9.17) is 0 Å². The highest BCUT2D eigenvalue weighted by Gasteiger charge is 2.16. The van der Waals surface area contributed by atoms with E-state index in [9.17, 15) is 14.9 Å². The van der Waals surface area contributed by atoms with Gasteiger partial charge in [0.2, 0.25) is 11.7 Å². The third kappa shape index (κ3) is 4.07. The molecule has 0 aliphatic rings. The van der Waals surface area contributed by atoms with Crippen LogP contribution in [0.25, 0.3) is 11.3 Å². The van der Waals surface area contributed by atoms with Crippen molar-refractivity contribution in [2.24, 2.45) is 0 Å². The average molecular weight is 357 g/mol. The second-order valence-electron chi connectivity index (χ2n) is 5.30. The smallest absolute Gasteiger partial charge is 0.358 e. The second kappa shape index (κ2) is 7.22. The number of aromatic nitrogens is 3. The number of hydrogen-bond acceptors (Lipinski definition) is 6. The largest absolute Gasteiger partial charge is 0.381 e. The molecule has 1 aromatic carbocycles. The Morgan fingerprint density at radius 1 is 1.32 bits per heavy atom. The monoisotopic (exact) mass is 357 g/mol. The van der Waals surface area contributed by atoms with Crippen LogP contribution in [0.4, 0.5) is 10.9 Å². The highest BCUT2D eigenvalue weighted by atomic mass is 32.1. The van der Waals surface area contributed by atoms with E-state index in [1.54, 1.807) is 11.5 Å². The molecule has 1 amide bonds. The lowest BCUT2D eigenvalue weighted by Gasteiger charge is -2.03. The minimum Gasteiger partial charge on any atom is -0.358 e. The number of hydrogen-bond donors (Lipinski definition) is 1. The zero-order valence-corrected chi connectivity index (χ0v) is 14.2. The van der Waals surface area contributed by atoms with E-state index in [-0.39, 0.29) is 18.1 Å². The molecule has 25 heavy (non-hydrogen) atoms. The molecule has 0 aliphatic carbocycles. The minimum atomic E-state index is -0.551. The normalized spacial score (nSPS) is 10.6. The molecular weight excluding hydrogens is 342 g/mol. The van der Waals surface area contributed by atoms with Gasteiger partial charge in [-0.25, -0.2) is 4.98 Å². The van der Waals surface area contributed by atoms with Crippen LogP contribution in [0.2, 0.25) is 0 Å². The fourth-order valence-corrected chi connectivity index (χ4v) is 3.02. The molecular formula is C16H15N5O3S. The summed E-state index contributed by atoms with van der Waals surface area (Å²) in [6.45, 7) is 1.98. The number of nitro groups is 1. The highest BCUT2D eigenvalue weighted by Crippen LogP contribution is 2.24. The standard InChI is InChI=1S/C16H15N5O3S/c1-11-17-14(21(23)24)9-20(11)8-7-15(22)19-16-18-13(10-25-16)12-5-3-2-4-6-12/h2-6,9-10H,7-8H2,1H3,(H,18,19,22). The van der Waals surface area contributed by atoms with Crippen molar-refractivity contribution in [3.05, 3.63) is 57.8 Å². The van der Waals surface area contributed by atoms with Gasteiger partial charge in [-0.3, -0.25) is 4.79 Å². The Morgan fingerprint density at radius 3 is 2.76 bits per heavy atom. The molecule has 0 saturated carbocycles. The van der Waals surface area contributed by atoms with Crippen molar-refractivity contribution < 1.29 is 9.72 Å². The Bertz CT molecular complexity index is 904. The summed E-state index contributed by atoms with van der Waals surface area (Å²) >= 11 is 1.35. The molecule has 9 heteroatoms. The summed E-state index contributed by atoms with van der Waals surface area (Å²) in [5.41, 5.74) is 1.79. The van der Waals surface area contributed by atoms with Crippen LogP contribution in [-0.4, -0.2) is 25.4 Å². The zero-order valence-electron chi connectivity index (χ0n) is 13.4. The lowest BCUT2D eigenvalue weighted by atomic mass is 10.2. The molecule has 0 aliphatic heterocycles. The number of nitrogens with zero attached hydrogens (tertiary/aromatic N) is 4. The molecule has 0 spiro atoms. The second-order valence-corrected chi connectivity index (χ2v) is 6.16. The summed E-state index contributed by atoms with van der Waals surface area (Å²) in [5, 5.41) is 15.9. The van der Waals surface area contributed by atoms with Crippen molar-refractivity contribution in [2.45, 2.75) is 19.9 Å². The first-order chi connectivity index (χ1) is 12.0. The zero-order chi connectivity index (χ0) is 17.8. The first-order valence-corrected chi connectivity index (χ1v) is 8.40. The molecule has 0 bridgehead atoms. The number of aryl methyl sites for hydroxylation is 2. The van der Waals surface area contributed by atoms with Gasteiger partial charge in [-0.15, -0.1) is 11.3 Å². The number of rotatable bonds is 6. The summed E-state index contributed by atoms with van der Waals surface area (Å²) in [6, 6.07) is 9.70. The molecule has 3 rings (SSSR count). The Balaban J connectivity index is 1.58. The van der Waals surface area contributed by atoms with Crippen molar-refractivity contribution in [3.63, 3.8) is 0 Å². The van der Waals surface area contributed by atoms with E-state index in [0.717, 1.165) is 11.3 Å². The van der Waals surface area contributed by atoms with Gasteiger partial charge in [0.25, 0.3) is 0 Å². The van der Waals surface area contributed by atoms with Crippen molar-refractivity contribution in [2.75, 3.05) is 5.32 Å². The number of amides is 1. The van der Waals surface area contributed by atoms with Crippen LogP contribution in [0.1, 0.15) is 12.2 Å². The number of carbonyl (C=O) groups is 1. The lowest BCUT2D eigenvalue weighted by Crippen LogP contribution is -2.14. The minimum absolute atomic E-state index is 0.175. The average Bonchev–Trinajstić information content (AvgIpc) is 3.21. The lowest BCUT2D eigenvalue weighted by molar-refractivity contribution is -0.389. The van der Waals surface area contributed by atoms with Crippen LogP contribution in [0.5, 0.6) is 0 Å². The molecule has 8 nitrogen and oxygen atoms in total. The number of imidazole rings is 1. The maximum atomic E-state index is 12.1. The van der Waals surface area contributed by atoms with Gasteiger partial charge in [-0.1, -0.05) is 30.3 Å². The number of benzene rings is 1. The van der Waals surface area contributed by atoms with Gasteiger partial charge in [-0.2, -0.15) is 0 Å². The van der Waals surface area contributed by atoms with Gasteiger partial charge >= 0.3 is 5.82 Å². The maximum absolute atomic E-state index is 12.1. The van der Waals surface area contributed by atoms with Crippen molar-refractivity contribution >= 4 is 28.2 Å². The van der Waals surface area contributed by atoms with E-state index in [1.165, 1.54) is 17.5 Å². The number of thiazole rings is 1. The highest BCUT2D eigenvalue weighted by molar-refractivity contribution is 7.14. The topological polar surface area (TPSA) is 103 Å². The van der Waals surface area contributed by atoms with Crippen LogP contribution in [-0.2, 0) is 11.3 Å². The number of carbonyl (C=O) groups excluding carboxylic acids is 1. The fraction of sp³-hybridized carbons (Fsp3) is 0.188. The van der Waals surface area contributed by atoms with Gasteiger partial charge in [0.15, 0.2) is 5.13 Å². The first kappa shape index (κ1) is 16.8. The molecule has 1 N–H and O–H groups in total. The van der Waals surface area contributed by atoms with E-state index in [2.05, 4.69) is 15.3 Å². The third-order valence-corrected chi connectivity index (χ3v) is 4.31. The Morgan fingerprint density at radius 2 is 2.08 bits per heavy atom. The Kier molecular flexibility index (Phi) is 4.85. The molecule has 0 saturated heterocycles. The van der Waals surface area contributed by atoms with Gasteiger partial charge in [0, 0.05) is 30.8 Å². The number of nitrogens with one attached hydrogen (secondary N) is 1. The van der Waals surface area contributed by atoms with E-state index >= 15 is 0 Å².